The van der Waals surface area contributed by atoms with E-state index >= 15 is 0 Å². The Morgan fingerprint density at radius 1 is 1.03 bits per heavy atom. The van der Waals surface area contributed by atoms with Crippen LogP contribution in [0.5, 0.6) is 0 Å². The molecule has 200 valence electrons. The second kappa shape index (κ2) is 10.1. The third-order valence-corrected chi connectivity index (χ3v) is 10.6. The Kier molecular flexibility index (Phi) is 7.61. The summed E-state index contributed by atoms with van der Waals surface area (Å²) in [5.41, 5.74) is 0.930. The van der Waals surface area contributed by atoms with Crippen LogP contribution in [0.4, 0.5) is 0 Å². The molecule has 3 saturated carbocycles. The first kappa shape index (κ1) is 27.1. The maximum atomic E-state index is 12.4. The van der Waals surface area contributed by atoms with Gasteiger partial charge in [-0.25, -0.2) is 0 Å². The van der Waals surface area contributed by atoms with Gasteiger partial charge in [0.25, 0.3) is 0 Å². The van der Waals surface area contributed by atoms with Crippen LogP contribution in [0.3, 0.4) is 0 Å². The predicted octanol–water partition coefficient (Wildman–Crippen LogP) is 6.46. The summed E-state index contributed by atoms with van der Waals surface area (Å²) in [5.74, 6) is 2.04. The van der Waals surface area contributed by atoms with Gasteiger partial charge in [-0.2, -0.15) is 0 Å². The summed E-state index contributed by atoms with van der Waals surface area (Å²) in [7, 11) is 0. The number of ketones is 1. The fourth-order valence-corrected chi connectivity index (χ4v) is 8.81. The van der Waals surface area contributed by atoms with Gasteiger partial charge in [-0.15, -0.1) is 0 Å². The molecule has 0 bridgehead atoms. The van der Waals surface area contributed by atoms with Crippen LogP contribution < -0.4 is 0 Å². The Morgan fingerprint density at radius 2 is 1.75 bits per heavy atom. The first-order valence-electron chi connectivity index (χ1n) is 14.2. The van der Waals surface area contributed by atoms with E-state index in [1.165, 1.54) is 19.4 Å². The van der Waals surface area contributed by atoms with Crippen molar-refractivity contribution in [3.63, 3.8) is 0 Å². The van der Waals surface area contributed by atoms with Gasteiger partial charge in [0.05, 0.1) is 0 Å². The zero-order valence-electron chi connectivity index (χ0n) is 23.3. The normalized spacial score (nSPS) is 38.9. The minimum Gasteiger partial charge on any atom is -0.462 e. The van der Waals surface area contributed by atoms with Gasteiger partial charge in [0.1, 0.15) is 12.2 Å². The number of rotatable bonds is 7. The summed E-state index contributed by atoms with van der Waals surface area (Å²) >= 11 is 0. The van der Waals surface area contributed by atoms with Gasteiger partial charge in [0, 0.05) is 24.7 Å². The summed E-state index contributed by atoms with van der Waals surface area (Å²) < 4.78 is 12.1. The van der Waals surface area contributed by atoms with Gasteiger partial charge in [0.2, 0.25) is 0 Å². The zero-order valence-corrected chi connectivity index (χ0v) is 23.3. The molecule has 0 aromatic heterocycles. The molecule has 4 aliphatic carbocycles. The highest BCUT2D eigenvalue weighted by atomic mass is 16.5. The number of carbonyl (C=O) groups excluding carboxylic acids is 3. The Morgan fingerprint density at radius 3 is 2.39 bits per heavy atom. The minimum absolute atomic E-state index is 0.0887. The molecule has 0 heterocycles. The van der Waals surface area contributed by atoms with Crippen LogP contribution in [0.1, 0.15) is 93.4 Å². The Bertz CT molecular complexity index is 947. The number of fused-ring (bicyclic) bond motifs is 5. The second-order valence-corrected chi connectivity index (χ2v) is 13.0. The topological polar surface area (TPSA) is 69.7 Å². The van der Waals surface area contributed by atoms with Gasteiger partial charge in [-0.3, -0.25) is 14.4 Å². The lowest BCUT2D eigenvalue weighted by atomic mass is 9.46. The van der Waals surface area contributed by atoms with E-state index in [1.54, 1.807) is 6.08 Å². The summed E-state index contributed by atoms with van der Waals surface area (Å²) in [6, 6.07) is 0. The highest BCUT2D eigenvalue weighted by molar-refractivity contribution is 6.01. The zero-order chi connectivity index (χ0) is 26.4. The maximum Gasteiger partial charge on any atom is 0.302 e. The molecule has 0 aromatic carbocycles. The van der Waals surface area contributed by atoms with Crippen molar-refractivity contribution in [2.24, 2.45) is 46.3 Å². The van der Waals surface area contributed by atoms with E-state index in [0.29, 0.717) is 29.6 Å². The van der Waals surface area contributed by atoms with Crippen molar-refractivity contribution >= 4 is 17.7 Å². The Hall–Kier alpha value is -1.91. The molecule has 0 unspecified atom stereocenters. The predicted molar refractivity (Wildman–Crippen MR) is 140 cm³/mol. The first-order chi connectivity index (χ1) is 16.9. The smallest absolute Gasteiger partial charge is 0.302 e. The molecule has 0 saturated heterocycles. The van der Waals surface area contributed by atoms with Crippen molar-refractivity contribution in [2.75, 3.05) is 0 Å². The SMILES string of the molecule is CC(=O)O[C@H](CCC(C)C)[C@@H](C)[C@H]1CC[C@H]2[C@@H]3CCC4=CC(=O)C=C[C@]4(C)[C@H]3C[C@@H](OC(C)=O)[C@]12C. The van der Waals surface area contributed by atoms with Crippen LogP contribution in [0.25, 0.3) is 0 Å². The van der Waals surface area contributed by atoms with E-state index in [1.807, 2.05) is 6.08 Å². The van der Waals surface area contributed by atoms with Crippen LogP contribution in [-0.4, -0.2) is 29.9 Å². The molecule has 5 heteroatoms. The lowest BCUT2D eigenvalue weighted by molar-refractivity contribution is -0.182. The summed E-state index contributed by atoms with van der Waals surface area (Å²) in [5, 5.41) is 0. The van der Waals surface area contributed by atoms with Crippen molar-refractivity contribution in [3.05, 3.63) is 23.8 Å². The Labute approximate surface area is 217 Å². The fourth-order valence-electron chi connectivity index (χ4n) is 8.81. The molecule has 4 rings (SSSR count). The summed E-state index contributed by atoms with van der Waals surface area (Å²) in [6.07, 6.45) is 12.3. The Balaban J connectivity index is 1.68. The molecule has 9 atom stereocenters. The first-order valence-corrected chi connectivity index (χ1v) is 14.2. The molecular weight excluding hydrogens is 452 g/mol. The number of ether oxygens (including phenoxy) is 2. The average molecular weight is 499 g/mol. The largest absolute Gasteiger partial charge is 0.462 e. The standard InChI is InChI=1S/C31H46O5/c1-18(2)8-13-28(35-20(4)32)19(3)25-11-12-26-24-10-9-22-16-23(34)14-15-30(22,6)27(24)17-29(31(25,26)7)36-21(5)33/h14-16,18-19,24-29H,8-13,17H2,1-7H3/t19-,24-,25+,26-,27-,28+,29+,30-,31+/m0/s1. The van der Waals surface area contributed by atoms with Gasteiger partial charge < -0.3 is 9.47 Å². The molecule has 5 nitrogen and oxygen atoms in total. The molecule has 0 aromatic rings. The van der Waals surface area contributed by atoms with Gasteiger partial charge in [0.15, 0.2) is 5.78 Å². The molecule has 0 radical (unpaired) electrons. The molecule has 36 heavy (non-hydrogen) atoms. The minimum atomic E-state index is -0.223. The third kappa shape index (κ3) is 4.72. The van der Waals surface area contributed by atoms with E-state index < -0.39 is 0 Å². The van der Waals surface area contributed by atoms with Crippen molar-refractivity contribution in [1.82, 2.24) is 0 Å². The number of hydrogen-bond donors (Lipinski definition) is 0. The van der Waals surface area contributed by atoms with Crippen LogP contribution >= 0.6 is 0 Å². The van der Waals surface area contributed by atoms with Gasteiger partial charge >= 0.3 is 11.9 Å². The molecule has 4 aliphatic rings. The number of allylic oxidation sites excluding steroid dienone is 4. The van der Waals surface area contributed by atoms with Crippen molar-refractivity contribution in [2.45, 2.75) is 106 Å². The van der Waals surface area contributed by atoms with E-state index in [2.05, 4.69) is 40.7 Å². The monoisotopic (exact) mass is 498 g/mol. The number of hydrogen-bond acceptors (Lipinski definition) is 5. The summed E-state index contributed by atoms with van der Waals surface area (Å²) in [4.78, 5) is 36.6. The van der Waals surface area contributed by atoms with E-state index in [-0.39, 0.29) is 46.7 Å². The molecule has 0 amide bonds. The summed E-state index contributed by atoms with van der Waals surface area (Å²) in [6.45, 7) is 14.3. The highest BCUT2D eigenvalue weighted by Gasteiger charge is 2.64. The molecule has 3 fully saturated rings. The van der Waals surface area contributed by atoms with Crippen LogP contribution in [0.15, 0.2) is 23.8 Å². The van der Waals surface area contributed by atoms with Crippen LogP contribution in [0, 0.1) is 46.3 Å². The average Bonchev–Trinajstić information content (AvgIpc) is 3.15. The maximum absolute atomic E-state index is 12.4. The second-order valence-electron chi connectivity index (χ2n) is 13.0. The highest BCUT2D eigenvalue weighted by Crippen LogP contribution is 2.67. The van der Waals surface area contributed by atoms with Gasteiger partial charge in [-0.05, 0) is 92.6 Å². The van der Waals surface area contributed by atoms with Crippen LogP contribution in [0.2, 0.25) is 0 Å². The molecule has 0 N–H and O–H groups in total. The lowest BCUT2D eigenvalue weighted by Crippen LogP contribution is -2.58. The lowest BCUT2D eigenvalue weighted by Gasteiger charge is -2.59. The quantitative estimate of drug-likeness (QED) is 0.377. The van der Waals surface area contributed by atoms with Crippen molar-refractivity contribution < 1.29 is 23.9 Å². The molecular formula is C31H46O5. The third-order valence-electron chi connectivity index (χ3n) is 10.6. The van der Waals surface area contributed by atoms with E-state index in [9.17, 15) is 14.4 Å². The number of esters is 2. The van der Waals surface area contributed by atoms with E-state index in [4.69, 9.17) is 9.47 Å². The molecule has 0 spiro atoms. The van der Waals surface area contributed by atoms with Crippen molar-refractivity contribution in [3.8, 4) is 0 Å². The van der Waals surface area contributed by atoms with Gasteiger partial charge in [-0.1, -0.05) is 46.3 Å². The molecule has 0 aliphatic heterocycles. The van der Waals surface area contributed by atoms with E-state index in [0.717, 1.165) is 44.9 Å². The fraction of sp³-hybridized carbons (Fsp3) is 0.774. The van der Waals surface area contributed by atoms with Crippen LogP contribution in [-0.2, 0) is 23.9 Å². The number of carbonyl (C=O) groups is 3. The van der Waals surface area contributed by atoms with Crippen molar-refractivity contribution in [1.29, 1.82) is 0 Å².